The summed E-state index contributed by atoms with van der Waals surface area (Å²) in [6.07, 6.45) is 20.9. The lowest BCUT2D eigenvalue weighted by Gasteiger charge is -2.36. The van der Waals surface area contributed by atoms with Crippen LogP contribution in [0.15, 0.2) is 47.6 Å². The first-order valence-corrected chi connectivity index (χ1v) is 14.7. The van der Waals surface area contributed by atoms with Crippen molar-refractivity contribution in [3.05, 3.63) is 47.6 Å². The maximum absolute atomic E-state index is 13.0. The van der Waals surface area contributed by atoms with Gasteiger partial charge in [0.05, 0.1) is 51.5 Å². The Kier molecular flexibility index (Phi) is 13.7. The van der Waals surface area contributed by atoms with Gasteiger partial charge >= 0.3 is 17.9 Å². The lowest BCUT2D eigenvalue weighted by Crippen LogP contribution is -2.37. The fraction of sp³-hybridized carbons (Fsp3) is 0.656. The normalized spacial score (nSPS) is 30.3. The lowest BCUT2D eigenvalue weighted by molar-refractivity contribution is -0.153. The maximum Gasteiger partial charge on any atom is 0.330 e. The summed E-state index contributed by atoms with van der Waals surface area (Å²) in [5, 5.41) is 0. The highest BCUT2D eigenvalue weighted by molar-refractivity contribution is 5.82. The first-order valence-electron chi connectivity index (χ1n) is 14.7. The molecule has 0 amide bonds. The molecule has 0 aromatic rings. The van der Waals surface area contributed by atoms with Gasteiger partial charge in [0.1, 0.15) is 6.10 Å². The van der Waals surface area contributed by atoms with Gasteiger partial charge in [0.25, 0.3) is 0 Å². The zero-order chi connectivity index (χ0) is 28.7. The van der Waals surface area contributed by atoms with Gasteiger partial charge in [-0.1, -0.05) is 48.3 Å². The molecule has 222 valence electrons. The summed E-state index contributed by atoms with van der Waals surface area (Å²) in [5.74, 6) is -0.968. The van der Waals surface area contributed by atoms with E-state index in [9.17, 15) is 14.4 Å². The van der Waals surface area contributed by atoms with E-state index in [0.29, 0.717) is 12.8 Å². The van der Waals surface area contributed by atoms with E-state index in [1.54, 1.807) is 0 Å². The molecular weight excluding hydrogens is 512 g/mol. The van der Waals surface area contributed by atoms with Crippen LogP contribution in [0.5, 0.6) is 0 Å². The van der Waals surface area contributed by atoms with Crippen molar-refractivity contribution in [1.82, 2.24) is 0 Å². The van der Waals surface area contributed by atoms with Gasteiger partial charge in [0, 0.05) is 12.5 Å². The largest absolute Gasteiger partial charge is 0.469 e. The van der Waals surface area contributed by atoms with Crippen molar-refractivity contribution in [1.29, 1.82) is 0 Å². The molecule has 0 spiro atoms. The fourth-order valence-electron chi connectivity index (χ4n) is 5.62. The van der Waals surface area contributed by atoms with Gasteiger partial charge in [-0.15, -0.1) is 0 Å². The Hall–Kier alpha value is -2.71. The Morgan fingerprint density at radius 2 is 1.55 bits per heavy atom. The summed E-state index contributed by atoms with van der Waals surface area (Å²) in [6, 6.07) is 0. The summed E-state index contributed by atoms with van der Waals surface area (Å²) < 4.78 is 28.2. The predicted octanol–water partition coefficient (Wildman–Crippen LogP) is 5.85. The summed E-state index contributed by atoms with van der Waals surface area (Å²) in [4.78, 5) is 36.4. The van der Waals surface area contributed by atoms with Gasteiger partial charge in [-0.2, -0.15) is 0 Å². The van der Waals surface area contributed by atoms with Crippen molar-refractivity contribution in [3.63, 3.8) is 0 Å². The molecule has 0 aliphatic carbocycles. The van der Waals surface area contributed by atoms with E-state index >= 15 is 0 Å². The van der Waals surface area contributed by atoms with Crippen LogP contribution in [-0.2, 0) is 38.1 Å². The molecule has 8 nitrogen and oxygen atoms in total. The predicted molar refractivity (Wildman–Crippen MR) is 151 cm³/mol. The molecule has 0 radical (unpaired) electrons. The number of hydrogen-bond donors (Lipinski definition) is 0. The molecule has 0 N–H and O–H groups in total. The van der Waals surface area contributed by atoms with Crippen LogP contribution in [-0.4, -0.2) is 62.6 Å². The van der Waals surface area contributed by atoms with E-state index in [0.717, 1.165) is 68.9 Å². The average Bonchev–Trinajstić information content (AvgIpc) is 2.91. The first kappa shape index (κ1) is 31.8. The zero-order valence-corrected chi connectivity index (χ0v) is 24.3. The minimum absolute atomic E-state index is 0.115. The summed E-state index contributed by atoms with van der Waals surface area (Å²) in [7, 11) is 2.74. The van der Waals surface area contributed by atoms with Gasteiger partial charge < -0.3 is 23.7 Å². The van der Waals surface area contributed by atoms with Crippen molar-refractivity contribution < 1.29 is 38.1 Å². The first-order chi connectivity index (χ1) is 19.3. The number of esters is 3. The quantitative estimate of drug-likeness (QED) is 0.173. The molecule has 3 rings (SSSR count). The Morgan fingerprint density at radius 3 is 2.35 bits per heavy atom. The Bertz CT molecular complexity index is 962. The number of carbonyl (C=O) groups is 3. The number of ether oxygens (including phenoxy) is 5. The maximum atomic E-state index is 13.0. The molecule has 3 aliphatic rings. The van der Waals surface area contributed by atoms with Crippen molar-refractivity contribution in [2.45, 2.75) is 121 Å². The van der Waals surface area contributed by atoms with E-state index in [1.807, 2.05) is 37.3 Å². The van der Waals surface area contributed by atoms with Gasteiger partial charge in [0.15, 0.2) is 0 Å². The van der Waals surface area contributed by atoms with E-state index < -0.39 is 0 Å². The van der Waals surface area contributed by atoms with Crippen LogP contribution in [0.1, 0.15) is 90.4 Å². The lowest BCUT2D eigenvalue weighted by atomic mass is 9.90. The summed E-state index contributed by atoms with van der Waals surface area (Å²) in [6.45, 7) is 1.87. The molecule has 3 aliphatic heterocycles. The molecule has 8 heteroatoms. The molecule has 3 fully saturated rings. The summed E-state index contributed by atoms with van der Waals surface area (Å²) >= 11 is 0. The highest BCUT2D eigenvalue weighted by Crippen LogP contribution is 2.33. The minimum atomic E-state index is -0.387. The Balaban J connectivity index is 1.68. The number of methoxy groups -OCH3 is 2. The number of rotatable bonds is 6. The van der Waals surface area contributed by atoms with Crippen molar-refractivity contribution in [2.24, 2.45) is 0 Å². The number of carbonyl (C=O) groups excluding carboxylic acids is 3. The molecule has 3 heterocycles. The third-order valence-electron chi connectivity index (χ3n) is 7.62. The van der Waals surface area contributed by atoms with Crippen LogP contribution >= 0.6 is 0 Å². The number of cyclic esters (lactones) is 1. The van der Waals surface area contributed by atoms with Crippen LogP contribution in [0.4, 0.5) is 0 Å². The highest BCUT2D eigenvalue weighted by Gasteiger charge is 2.32. The zero-order valence-electron chi connectivity index (χ0n) is 24.3. The standard InChI is InChI=1S/C32H46O8/c1-23(17-30(33)36-2)11-6-4-7-13-26-14-9-5-8-12-25-15-10-16-27(38-25)21-28-18-24(20-31(34)37-3)19-29(39-28)22-32(35)40-26/h4,6-7,11,13,20,25-29H,5,8-10,12,14-19,21-22H2,1-3H3/b6-4-,13-7+,23-11+,24-20-. The molecule has 3 saturated heterocycles. The Morgan fingerprint density at radius 1 is 0.825 bits per heavy atom. The third kappa shape index (κ3) is 11.8. The molecular formula is C32H46O8. The van der Waals surface area contributed by atoms with Gasteiger partial charge in [0.2, 0.25) is 0 Å². The molecule has 5 unspecified atom stereocenters. The van der Waals surface area contributed by atoms with Gasteiger partial charge in [-0.05, 0) is 64.4 Å². The molecule has 0 saturated carbocycles. The topological polar surface area (TPSA) is 97.4 Å². The molecule has 4 bridgehead atoms. The second-order valence-electron chi connectivity index (χ2n) is 11.1. The monoisotopic (exact) mass is 558 g/mol. The van der Waals surface area contributed by atoms with Crippen LogP contribution in [0, 0.1) is 0 Å². The second kappa shape index (κ2) is 17.2. The fourth-order valence-corrected chi connectivity index (χ4v) is 5.62. The SMILES string of the molecule is COC(=O)/C=C1\CC2CC(=O)OC(/C=C/C=C\C=C(/C)CC(=O)OC)CCCCCC3CCCC(CC(C1)O2)O3. The van der Waals surface area contributed by atoms with Crippen LogP contribution in [0.2, 0.25) is 0 Å². The van der Waals surface area contributed by atoms with E-state index in [1.165, 1.54) is 20.3 Å². The van der Waals surface area contributed by atoms with Crippen molar-refractivity contribution >= 4 is 17.9 Å². The molecule has 0 aromatic heterocycles. The molecule has 40 heavy (non-hydrogen) atoms. The number of fused-ring (bicyclic) bond motifs is 4. The Labute approximate surface area is 238 Å². The minimum Gasteiger partial charge on any atom is -0.469 e. The second-order valence-corrected chi connectivity index (χ2v) is 11.1. The molecule has 5 atom stereocenters. The average molecular weight is 559 g/mol. The van der Waals surface area contributed by atoms with E-state index in [2.05, 4.69) is 0 Å². The summed E-state index contributed by atoms with van der Waals surface area (Å²) in [5.41, 5.74) is 1.83. The molecule has 0 aromatic carbocycles. The van der Waals surface area contributed by atoms with Crippen molar-refractivity contribution in [3.8, 4) is 0 Å². The third-order valence-corrected chi connectivity index (χ3v) is 7.62. The van der Waals surface area contributed by atoms with Crippen LogP contribution in [0.3, 0.4) is 0 Å². The van der Waals surface area contributed by atoms with Crippen molar-refractivity contribution in [2.75, 3.05) is 14.2 Å². The van der Waals surface area contributed by atoms with Gasteiger partial charge in [-0.25, -0.2) is 4.79 Å². The number of allylic oxidation sites excluding steroid dienone is 4. The number of hydrogen-bond acceptors (Lipinski definition) is 8. The highest BCUT2D eigenvalue weighted by atomic mass is 16.6. The smallest absolute Gasteiger partial charge is 0.330 e. The van der Waals surface area contributed by atoms with Gasteiger partial charge in [-0.3, -0.25) is 9.59 Å². The van der Waals surface area contributed by atoms with E-state index in [4.69, 9.17) is 23.7 Å². The van der Waals surface area contributed by atoms with Crippen LogP contribution in [0.25, 0.3) is 0 Å². The van der Waals surface area contributed by atoms with E-state index in [-0.39, 0.29) is 61.3 Å². The van der Waals surface area contributed by atoms with Crippen LogP contribution < -0.4 is 0 Å².